The van der Waals surface area contributed by atoms with Crippen molar-refractivity contribution in [3.8, 4) is 5.75 Å². The molecule has 1 aliphatic carbocycles. The maximum Gasteiger partial charge on any atom is 0.311 e. The highest BCUT2D eigenvalue weighted by Crippen LogP contribution is 2.45. The van der Waals surface area contributed by atoms with Gasteiger partial charge in [-0.3, -0.25) is 9.59 Å². The Labute approximate surface area is 128 Å². The standard InChI is InChI=1S/C15H18ClNO4/c1-2-11(21-12-6-4-3-5-10(12)16)13(18)17-9-15(7-8-15)14(19)20/h3-6,11H,2,7-9H2,1H3,(H,17,18)(H,19,20). The van der Waals surface area contributed by atoms with Gasteiger partial charge in [-0.25, -0.2) is 0 Å². The number of carbonyl (C=O) groups excluding carboxylic acids is 1. The fourth-order valence-electron chi connectivity index (χ4n) is 2.00. The van der Waals surface area contributed by atoms with Gasteiger partial charge >= 0.3 is 5.97 Å². The zero-order valence-corrected chi connectivity index (χ0v) is 12.5. The van der Waals surface area contributed by atoms with Crippen molar-refractivity contribution < 1.29 is 19.4 Å². The van der Waals surface area contributed by atoms with Crippen LogP contribution in [0, 0.1) is 5.41 Å². The monoisotopic (exact) mass is 311 g/mol. The molecule has 0 aliphatic heterocycles. The number of hydrogen-bond acceptors (Lipinski definition) is 3. The number of amides is 1. The topological polar surface area (TPSA) is 75.6 Å². The number of para-hydroxylation sites is 1. The Bertz CT molecular complexity index is 542. The van der Waals surface area contributed by atoms with Gasteiger partial charge in [-0.15, -0.1) is 0 Å². The molecule has 0 heterocycles. The molecule has 6 heteroatoms. The molecule has 1 atom stereocenters. The molecule has 1 unspecified atom stereocenters. The molecule has 2 rings (SSSR count). The molecule has 0 spiro atoms. The van der Waals surface area contributed by atoms with E-state index < -0.39 is 17.5 Å². The maximum atomic E-state index is 12.1. The average molecular weight is 312 g/mol. The Morgan fingerprint density at radius 3 is 2.62 bits per heavy atom. The number of halogens is 1. The molecule has 0 saturated heterocycles. The van der Waals surface area contributed by atoms with Crippen LogP contribution in [0.25, 0.3) is 0 Å². The number of ether oxygens (including phenoxy) is 1. The molecule has 1 aliphatic rings. The van der Waals surface area contributed by atoms with E-state index in [4.69, 9.17) is 21.4 Å². The quantitative estimate of drug-likeness (QED) is 0.811. The molecule has 2 N–H and O–H groups in total. The average Bonchev–Trinajstić information content (AvgIpc) is 3.25. The molecule has 1 amide bonds. The highest BCUT2D eigenvalue weighted by molar-refractivity contribution is 6.32. The number of carboxylic acids is 1. The summed E-state index contributed by atoms with van der Waals surface area (Å²) >= 11 is 6.00. The predicted molar refractivity (Wildman–Crippen MR) is 78.5 cm³/mol. The van der Waals surface area contributed by atoms with Gasteiger partial charge in [0.25, 0.3) is 5.91 Å². The van der Waals surface area contributed by atoms with E-state index in [1.54, 1.807) is 24.3 Å². The van der Waals surface area contributed by atoms with Crippen LogP contribution < -0.4 is 10.1 Å². The fraction of sp³-hybridized carbons (Fsp3) is 0.467. The second-order valence-corrected chi connectivity index (χ2v) is 5.66. The van der Waals surface area contributed by atoms with E-state index in [1.807, 2.05) is 6.92 Å². The van der Waals surface area contributed by atoms with Gasteiger partial charge in [0.15, 0.2) is 6.10 Å². The smallest absolute Gasteiger partial charge is 0.311 e. The van der Waals surface area contributed by atoms with Crippen LogP contribution in [0.1, 0.15) is 26.2 Å². The number of nitrogens with one attached hydrogen (secondary N) is 1. The summed E-state index contributed by atoms with van der Waals surface area (Å²) in [4.78, 5) is 23.2. The lowest BCUT2D eigenvalue weighted by atomic mass is 10.1. The highest BCUT2D eigenvalue weighted by Gasteiger charge is 2.50. The van der Waals surface area contributed by atoms with Crippen LogP contribution in [0.2, 0.25) is 5.02 Å². The Kier molecular flexibility index (Phi) is 4.73. The summed E-state index contributed by atoms with van der Waals surface area (Å²) in [6, 6.07) is 6.93. The molecular weight excluding hydrogens is 294 g/mol. The van der Waals surface area contributed by atoms with Crippen molar-refractivity contribution >= 4 is 23.5 Å². The first-order valence-electron chi connectivity index (χ1n) is 6.91. The zero-order chi connectivity index (χ0) is 15.5. The molecule has 0 radical (unpaired) electrons. The number of aliphatic carboxylic acids is 1. The van der Waals surface area contributed by atoms with Crippen molar-refractivity contribution in [2.45, 2.75) is 32.3 Å². The lowest BCUT2D eigenvalue weighted by molar-refractivity contribution is -0.143. The summed E-state index contributed by atoms with van der Waals surface area (Å²) in [5, 5.41) is 12.2. The summed E-state index contributed by atoms with van der Waals surface area (Å²) < 4.78 is 5.61. The maximum absolute atomic E-state index is 12.1. The van der Waals surface area contributed by atoms with Crippen LogP contribution >= 0.6 is 11.6 Å². The van der Waals surface area contributed by atoms with E-state index in [2.05, 4.69) is 5.32 Å². The first kappa shape index (κ1) is 15.6. The molecule has 0 aromatic heterocycles. The largest absolute Gasteiger partial charge is 0.481 e. The lowest BCUT2D eigenvalue weighted by Gasteiger charge is -2.19. The summed E-state index contributed by atoms with van der Waals surface area (Å²) in [6.07, 6.45) is 0.988. The van der Waals surface area contributed by atoms with Gasteiger partial charge in [0.1, 0.15) is 5.75 Å². The lowest BCUT2D eigenvalue weighted by Crippen LogP contribution is -2.42. The number of hydrogen-bond donors (Lipinski definition) is 2. The first-order valence-corrected chi connectivity index (χ1v) is 7.28. The van der Waals surface area contributed by atoms with E-state index in [1.165, 1.54) is 0 Å². The van der Waals surface area contributed by atoms with E-state index in [0.29, 0.717) is 30.0 Å². The van der Waals surface area contributed by atoms with Gasteiger partial charge in [-0.1, -0.05) is 30.7 Å². The van der Waals surface area contributed by atoms with Gasteiger partial charge in [-0.05, 0) is 31.4 Å². The van der Waals surface area contributed by atoms with Crippen molar-refractivity contribution in [1.82, 2.24) is 5.32 Å². The van der Waals surface area contributed by atoms with Crippen molar-refractivity contribution in [1.29, 1.82) is 0 Å². The number of carboxylic acid groups (broad SMARTS) is 1. The summed E-state index contributed by atoms with van der Waals surface area (Å²) in [5.41, 5.74) is -0.779. The fourth-order valence-corrected chi connectivity index (χ4v) is 2.18. The second-order valence-electron chi connectivity index (χ2n) is 5.25. The summed E-state index contributed by atoms with van der Waals surface area (Å²) in [5.74, 6) is -0.728. The van der Waals surface area contributed by atoms with Crippen LogP contribution in [0.4, 0.5) is 0 Å². The molecule has 5 nitrogen and oxygen atoms in total. The molecule has 1 saturated carbocycles. The van der Waals surface area contributed by atoms with Crippen molar-refractivity contribution in [3.63, 3.8) is 0 Å². The van der Waals surface area contributed by atoms with Crippen LogP contribution in [-0.4, -0.2) is 29.6 Å². The Hall–Kier alpha value is -1.75. The molecule has 21 heavy (non-hydrogen) atoms. The minimum atomic E-state index is -0.858. The van der Waals surface area contributed by atoms with Gasteiger partial charge in [0.2, 0.25) is 0 Å². The molecule has 1 aromatic carbocycles. The number of rotatable bonds is 7. The van der Waals surface area contributed by atoms with Crippen LogP contribution in [-0.2, 0) is 9.59 Å². The highest BCUT2D eigenvalue weighted by atomic mass is 35.5. The van der Waals surface area contributed by atoms with Crippen molar-refractivity contribution in [3.05, 3.63) is 29.3 Å². The number of carbonyl (C=O) groups is 2. The second kappa shape index (κ2) is 6.35. The SMILES string of the molecule is CCC(Oc1ccccc1Cl)C(=O)NCC1(C(=O)O)CC1. The third-order valence-corrected chi connectivity index (χ3v) is 3.99. The van der Waals surface area contributed by atoms with Crippen LogP contribution in [0.3, 0.4) is 0 Å². The van der Waals surface area contributed by atoms with Gasteiger partial charge in [-0.2, -0.15) is 0 Å². The minimum absolute atomic E-state index is 0.142. The molecule has 0 bridgehead atoms. The van der Waals surface area contributed by atoms with E-state index in [9.17, 15) is 9.59 Å². The van der Waals surface area contributed by atoms with E-state index in [0.717, 1.165) is 0 Å². The first-order chi connectivity index (χ1) is 9.98. The van der Waals surface area contributed by atoms with Gasteiger partial charge < -0.3 is 15.2 Å². The van der Waals surface area contributed by atoms with Crippen molar-refractivity contribution in [2.24, 2.45) is 5.41 Å². The normalized spacial score (nSPS) is 16.9. The summed E-state index contributed by atoms with van der Waals surface area (Å²) in [7, 11) is 0. The van der Waals surface area contributed by atoms with Gasteiger partial charge in [0, 0.05) is 6.54 Å². The van der Waals surface area contributed by atoms with E-state index in [-0.39, 0.29) is 12.5 Å². The predicted octanol–water partition coefficient (Wildman–Crippen LogP) is 2.48. The Morgan fingerprint density at radius 1 is 1.43 bits per heavy atom. The van der Waals surface area contributed by atoms with Crippen LogP contribution in [0.15, 0.2) is 24.3 Å². The third-order valence-electron chi connectivity index (χ3n) is 3.68. The van der Waals surface area contributed by atoms with Crippen LogP contribution in [0.5, 0.6) is 5.75 Å². The minimum Gasteiger partial charge on any atom is -0.481 e. The Morgan fingerprint density at radius 2 is 2.10 bits per heavy atom. The number of benzene rings is 1. The molecule has 1 aromatic rings. The molecular formula is C15H18ClNO4. The third kappa shape index (κ3) is 3.67. The van der Waals surface area contributed by atoms with E-state index >= 15 is 0 Å². The molecule has 114 valence electrons. The van der Waals surface area contributed by atoms with Gasteiger partial charge in [0.05, 0.1) is 10.4 Å². The summed E-state index contributed by atoms with van der Waals surface area (Å²) in [6.45, 7) is 1.97. The zero-order valence-electron chi connectivity index (χ0n) is 11.8. The van der Waals surface area contributed by atoms with Crippen molar-refractivity contribution in [2.75, 3.05) is 6.54 Å². The Balaban J connectivity index is 1.93. The molecule has 1 fully saturated rings.